The second-order valence-electron chi connectivity index (χ2n) is 7.54. The molecule has 0 bridgehead atoms. The first-order valence-corrected chi connectivity index (χ1v) is 13.2. The highest BCUT2D eigenvalue weighted by Crippen LogP contribution is 2.27. The van der Waals surface area contributed by atoms with E-state index in [1.807, 2.05) is 6.92 Å². The van der Waals surface area contributed by atoms with Gasteiger partial charge in [0.1, 0.15) is 6.04 Å². The van der Waals surface area contributed by atoms with Gasteiger partial charge in [-0.3, -0.25) is 9.59 Å². The number of carbonyl (C=O) groups excluding carboxylic acids is 2. The van der Waals surface area contributed by atoms with E-state index in [0.717, 1.165) is 16.1 Å². The standard InChI is InChI=1S/C21H24N2O7S2/c1-15-5-9-18(10-6-15)32(28,29)23-13-3-4-19(23)21(25)30-14-20(24)22-16-7-11-17(12-8-16)31(2,26)27/h5-12,19H,3-4,13-14H2,1-2H3,(H,22,24)/t19-/m0/s1. The number of nitrogens with one attached hydrogen (secondary N) is 1. The van der Waals surface area contributed by atoms with Crippen LogP contribution in [0.3, 0.4) is 0 Å². The van der Waals surface area contributed by atoms with E-state index < -0.39 is 44.4 Å². The lowest BCUT2D eigenvalue weighted by Gasteiger charge is -2.22. The molecule has 1 amide bonds. The van der Waals surface area contributed by atoms with Crippen LogP contribution in [-0.4, -0.2) is 58.5 Å². The first-order valence-electron chi connectivity index (χ1n) is 9.83. The Kier molecular flexibility index (Phi) is 7.01. The van der Waals surface area contributed by atoms with Crippen LogP contribution >= 0.6 is 0 Å². The largest absolute Gasteiger partial charge is 0.454 e. The predicted molar refractivity (Wildman–Crippen MR) is 117 cm³/mol. The Balaban J connectivity index is 1.60. The van der Waals surface area contributed by atoms with Gasteiger partial charge in [-0.15, -0.1) is 0 Å². The van der Waals surface area contributed by atoms with E-state index in [1.165, 1.54) is 36.4 Å². The molecule has 0 saturated carbocycles. The molecule has 1 saturated heterocycles. The molecule has 0 aliphatic carbocycles. The fourth-order valence-corrected chi connectivity index (χ4v) is 5.60. The minimum Gasteiger partial charge on any atom is -0.454 e. The van der Waals surface area contributed by atoms with Crippen LogP contribution in [0.15, 0.2) is 58.3 Å². The van der Waals surface area contributed by atoms with Gasteiger partial charge in [-0.05, 0) is 56.2 Å². The quantitative estimate of drug-likeness (QED) is 0.598. The monoisotopic (exact) mass is 480 g/mol. The van der Waals surface area contributed by atoms with Crippen LogP contribution in [0.1, 0.15) is 18.4 Å². The summed E-state index contributed by atoms with van der Waals surface area (Å²) in [5.41, 5.74) is 1.25. The van der Waals surface area contributed by atoms with E-state index in [9.17, 15) is 26.4 Å². The molecule has 32 heavy (non-hydrogen) atoms. The number of esters is 1. The molecule has 172 valence electrons. The maximum absolute atomic E-state index is 12.9. The van der Waals surface area contributed by atoms with Gasteiger partial charge >= 0.3 is 5.97 Å². The molecule has 1 N–H and O–H groups in total. The van der Waals surface area contributed by atoms with Gasteiger partial charge in [-0.2, -0.15) is 4.31 Å². The second-order valence-corrected chi connectivity index (χ2v) is 11.4. The van der Waals surface area contributed by atoms with Crippen molar-refractivity contribution >= 4 is 37.4 Å². The number of sulfone groups is 1. The first-order chi connectivity index (χ1) is 15.0. The van der Waals surface area contributed by atoms with Crippen molar-refractivity contribution in [2.24, 2.45) is 0 Å². The molecule has 1 aliphatic heterocycles. The molecule has 11 heteroatoms. The summed E-state index contributed by atoms with van der Waals surface area (Å²) in [6, 6.07) is 10.9. The van der Waals surface area contributed by atoms with Crippen molar-refractivity contribution in [3.8, 4) is 0 Å². The molecule has 1 atom stereocenters. The maximum atomic E-state index is 12.9. The summed E-state index contributed by atoms with van der Waals surface area (Å²) >= 11 is 0. The number of benzene rings is 2. The van der Waals surface area contributed by atoms with Gasteiger partial charge in [0, 0.05) is 18.5 Å². The Morgan fingerprint density at radius 2 is 1.59 bits per heavy atom. The van der Waals surface area contributed by atoms with Crippen molar-refractivity contribution < 1.29 is 31.2 Å². The number of hydrogen-bond acceptors (Lipinski definition) is 7. The zero-order valence-corrected chi connectivity index (χ0v) is 19.3. The molecule has 2 aromatic rings. The molecule has 1 heterocycles. The summed E-state index contributed by atoms with van der Waals surface area (Å²) in [4.78, 5) is 24.8. The fourth-order valence-electron chi connectivity index (χ4n) is 3.32. The molecule has 3 rings (SSSR count). The number of amides is 1. The first kappa shape index (κ1) is 23.9. The van der Waals surface area contributed by atoms with Crippen LogP contribution in [0.4, 0.5) is 5.69 Å². The highest BCUT2D eigenvalue weighted by Gasteiger charge is 2.40. The van der Waals surface area contributed by atoms with Gasteiger partial charge in [0.05, 0.1) is 9.79 Å². The smallest absolute Gasteiger partial charge is 0.324 e. The molecule has 0 aromatic heterocycles. The number of anilines is 1. The highest BCUT2D eigenvalue weighted by atomic mass is 32.2. The van der Waals surface area contributed by atoms with Gasteiger partial charge in [-0.1, -0.05) is 17.7 Å². The van der Waals surface area contributed by atoms with Crippen LogP contribution in [0.25, 0.3) is 0 Å². The second kappa shape index (κ2) is 9.39. The van der Waals surface area contributed by atoms with Crippen LogP contribution in [0.5, 0.6) is 0 Å². The van der Waals surface area contributed by atoms with E-state index >= 15 is 0 Å². The van der Waals surface area contributed by atoms with Crippen LogP contribution in [-0.2, 0) is 34.2 Å². The van der Waals surface area contributed by atoms with E-state index in [4.69, 9.17) is 4.74 Å². The Morgan fingerprint density at radius 3 is 2.19 bits per heavy atom. The number of carbonyl (C=O) groups is 2. The average molecular weight is 481 g/mol. The molecule has 2 aromatic carbocycles. The van der Waals surface area contributed by atoms with Crippen LogP contribution in [0, 0.1) is 6.92 Å². The van der Waals surface area contributed by atoms with Crippen molar-refractivity contribution in [2.45, 2.75) is 35.6 Å². The lowest BCUT2D eigenvalue weighted by Crippen LogP contribution is -2.42. The van der Waals surface area contributed by atoms with Crippen molar-refractivity contribution in [1.82, 2.24) is 4.31 Å². The molecular weight excluding hydrogens is 456 g/mol. The van der Waals surface area contributed by atoms with E-state index in [0.29, 0.717) is 18.5 Å². The normalized spacial score (nSPS) is 17.1. The van der Waals surface area contributed by atoms with Crippen molar-refractivity contribution in [3.05, 3.63) is 54.1 Å². The zero-order valence-electron chi connectivity index (χ0n) is 17.6. The van der Waals surface area contributed by atoms with Gasteiger partial charge in [0.15, 0.2) is 16.4 Å². The Morgan fingerprint density at radius 1 is 1.00 bits per heavy atom. The predicted octanol–water partition coefficient (Wildman–Crippen LogP) is 1.73. The summed E-state index contributed by atoms with van der Waals surface area (Å²) < 4.78 is 55.0. The number of aryl methyl sites for hydroxylation is 1. The van der Waals surface area contributed by atoms with Crippen LogP contribution < -0.4 is 5.32 Å². The van der Waals surface area contributed by atoms with Gasteiger partial charge in [-0.25, -0.2) is 16.8 Å². The molecule has 1 fully saturated rings. The zero-order chi connectivity index (χ0) is 23.5. The number of ether oxygens (including phenoxy) is 1. The Hall–Kier alpha value is -2.76. The summed E-state index contributed by atoms with van der Waals surface area (Å²) in [7, 11) is -7.22. The van der Waals surface area contributed by atoms with Crippen molar-refractivity contribution in [2.75, 3.05) is 24.7 Å². The van der Waals surface area contributed by atoms with Crippen LogP contribution in [0.2, 0.25) is 0 Å². The SMILES string of the molecule is Cc1ccc(S(=O)(=O)N2CCC[C@H]2C(=O)OCC(=O)Nc2ccc(S(C)(=O)=O)cc2)cc1. The lowest BCUT2D eigenvalue weighted by molar-refractivity contribution is -0.150. The third-order valence-electron chi connectivity index (χ3n) is 5.02. The highest BCUT2D eigenvalue weighted by molar-refractivity contribution is 7.90. The Labute approximate surface area is 187 Å². The van der Waals surface area contributed by atoms with E-state index in [2.05, 4.69) is 5.32 Å². The lowest BCUT2D eigenvalue weighted by atomic mass is 10.2. The number of hydrogen-bond donors (Lipinski definition) is 1. The number of sulfonamides is 1. The van der Waals surface area contributed by atoms with Crippen molar-refractivity contribution in [3.63, 3.8) is 0 Å². The molecule has 0 unspecified atom stereocenters. The summed E-state index contributed by atoms with van der Waals surface area (Å²) in [6.07, 6.45) is 1.88. The number of rotatable bonds is 7. The summed E-state index contributed by atoms with van der Waals surface area (Å²) in [6.45, 7) is 1.44. The fraction of sp³-hybridized carbons (Fsp3) is 0.333. The Bertz CT molecular complexity index is 1210. The van der Waals surface area contributed by atoms with Crippen molar-refractivity contribution in [1.29, 1.82) is 0 Å². The minimum absolute atomic E-state index is 0.0954. The molecule has 0 spiro atoms. The van der Waals surface area contributed by atoms with E-state index in [1.54, 1.807) is 12.1 Å². The molecule has 0 radical (unpaired) electrons. The van der Waals surface area contributed by atoms with Gasteiger partial charge < -0.3 is 10.1 Å². The van der Waals surface area contributed by atoms with Gasteiger partial charge in [0.25, 0.3) is 5.91 Å². The molecule has 9 nitrogen and oxygen atoms in total. The summed E-state index contributed by atoms with van der Waals surface area (Å²) in [5, 5.41) is 2.50. The maximum Gasteiger partial charge on any atom is 0.324 e. The average Bonchev–Trinajstić information content (AvgIpc) is 3.23. The number of nitrogens with zero attached hydrogens (tertiary/aromatic N) is 1. The summed E-state index contributed by atoms with van der Waals surface area (Å²) in [5.74, 6) is -1.42. The van der Waals surface area contributed by atoms with Gasteiger partial charge in [0.2, 0.25) is 10.0 Å². The van der Waals surface area contributed by atoms with E-state index in [-0.39, 0.29) is 16.3 Å². The minimum atomic E-state index is -3.87. The molecular formula is C21H24N2O7S2. The third kappa shape index (κ3) is 5.53. The third-order valence-corrected chi connectivity index (χ3v) is 8.07. The topological polar surface area (TPSA) is 127 Å². The molecule has 1 aliphatic rings.